The Balaban J connectivity index is 1.80. The van der Waals surface area contributed by atoms with Gasteiger partial charge < -0.3 is 14.4 Å². The molecule has 1 aliphatic rings. The van der Waals surface area contributed by atoms with E-state index in [0.717, 1.165) is 37.1 Å². The maximum absolute atomic E-state index is 12.5. The summed E-state index contributed by atoms with van der Waals surface area (Å²) in [6.45, 7) is 1.81. The highest BCUT2D eigenvalue weighted by Crippen LogP contribution is 2.35. The van der Waals surface area contributed by atoms with Gasteiger partial charge in [-0.05, 0) is 37.0 Å². The van der Waals surface area contributed by atoms with Crippen molar-refractivity contribution in [3.8, 4) is 11.1 Å². The standard InChI is InChI=1S/C19H17NO4S/c21-15-10-16(20-8-2-1-3-9-20)24-17-14(11-25-18(15)17)12-4-6-13(7-5-12)19(22)23/h4-7,10-11H,1-3,8-9H2,(H,22,23). The Bertz CT molecular complexity index is 981. The molecule has 2 aromatic heterocycles. The third-order valence-corrected chi connectivity index (χ3v) is 5.52. The fourth-order valence-electron chi connectivity index (χ4n) is 3.19. The third-order valence-electron chi connectivity index (χ3n) is 4.54. The molecule has 0 atom stereocenters. The number of carboxylic acid groups (broad SMARTS) is 1. The van der Waals surface area contributed by atoms with Gasteiger partial charge >= 0.3 is 5.97 Å². The zero-order valence-electron chi connectivity index (χ0n) is 13.5. The topological polar surface area (TPSA) is 70.8 Å². The van der Waals surface area contributed by atoms with Gasteiger partial charge in [-0.25, -0.2) is 4.79 Å². The molecule has 3 aromatic rings. The average Bonchev–Trinajstić information content (AvgIpc) is 3.07. The third kappa shape index (κ3) is 2.93. The lowest BCUT2D eigenvalue weighted by molar-refractivity contribution is 0.0697. The highest BCUT2D eigenvalue weighted by molar-refractivity contribution is 7.17. The summed E-state index contributed by atoms with van der Waals surface area (Å²) in [5, 5.41) is 10.9. The predicted octanol–water partition coefficient (Wildman–Crippen LogP) is 4.21. The highest BCUT2D eigenvalue weighted by atomic mass is 32.1. The van der Waals surface area contributed by atoms with Crippen molar-refractivity contribution in [3.05, 3.63) is 51.5 Å². The zero-order valence-corrected chi connectivity index (χ0v) is 14.3. The van der Waals surface area contributed by atoms with Crippen molar-refractivity contribution in [2.75, 3.05) is 18.0 Å². The van der Waals surface area contributed by atoms with Gasteiger partial charge in [-0.2, -0.15) is 0 Å². The van der Waals surface area contributed by atoms with E-state index in [9.17, 15) is 9.59 Å². The molecule has 1 saturated heterocycles. The second-order valence-corrected chi connectivity index (χ2v) is 7.07. The summed E-state index contributed by atoms with van der Waals surface area (Å²) >= 11 is 1.36. The van der Waals surface area contributed by atoms with Crippen molar-refractivity contribution < 1.29 is 14.3 Å². The van der Waals surface area contributed by atoms with Crippen molar-refractivity contribution in [1.29, 1.82) is 0 Å². The van der Waals surface area contributed by atoms with E-state index in [1.54, 1.807) is 30.3 Å². The molecule has 3 heterocycles. The van der Waals surface area contributed by atoms with Crippen molar-refractivity contribution in [2.45, 2.75) is 19.3 Å². The number of thiophene rings is 1. The first-order valence-corrected chi connectivity index (χ1v) is 9.15. The van der Waals surface area contributed by atoms with E-state index in [-0.39, 0.29) is 11.0 Å². The summed E-state index contributed by atoms with van der Waals surface area (Å²) in [4.78, 5) is 25.6. The summed E-state index contributed by atoms with van der Waals surface area (Å²) < 4.78 is 6.70. The van der Waals surface area contributed by atoms with Gasteiger partial charge in [0, 0.05) is 30.1 Å². The number of aromatic carboxylic acids is 1. The highest BCUT2D eigenvalue weighted by Gasteiger charge is 2.18. The molecule has 5 nitrogen and oxygen atoms in total. The SMILES string of the molecule is O=C(O)c1ccc(-c2csc3c(=O)cc(N4CCCCC4)oc23)cc1. The lowest BCUT2D eigenvalue weighted by Gasteiger charge is -2.26. The van der Waals surface area contributed by atoms with E-state index < -0.39 is 5.97 Å². The minimum atomic E-state index is -0.958. The molecule has 128 valence electrons. The molecule has 0 spiro atoms. The lowest BCUT2D eigenvalue weighted by atomic mass is 10.1. The van der Waals surface area contributed by atoms with E-state index in [0.29, 0.717) is 16.2 Å². The molecule has 25 heavy (non-hydrogen) atoms. The van der Waals surface area contributed by atoms with Crippen LogP contribution in [0.5, 0.6) is 0 Å². The van der Waals surface area contributed by atoms with Gasteiger partial charge in [-0.3, -0.25) is 4.79 Å². The molecule has 1 aromatic carbocycles. The Labute approximate surface area is 148 Å². The van der Waals surface area contributed by atoms with Crippen LogP contribution in [-0.4, -0.2) is 24.2 Å². The van der Waals surface area contributed by atoms with E-state index >= 15 is 0 Å². The molecule has 0 saturated carbocycles. The second kappa shape index (κ2) is 6.37. The number of hydrogen-bond acceptors (Lipinski definition) is 5. The normalized spacial score (nSPS) is 14.8. The van der Waals surface area contributed by atoms with Crippen molar-refractivity contribution in [2.24, 2.45) is 0 Å². The van der Waals surface area contributed by atoms with E-state index in [4.69, 9.17) is 9.52 Å². The van der Waals surface area contributed by atoms with Gasteiger partial charge in [0.05, 0.1) is 5.56 Å². The molecule has 1 aliphatic heterocycles. The van der Waals surface area contributed by atoms with Gasteiger partial charge in [-0.15, -0.1) is 11.3 Å². The summed E-state index contributed by atoms with van der Waals surface area (Å²) in [6, 6.07) is 8.21. The molecule has 0 unspecified atom stereocenters. The largest absolute Gasteiger partial charge is 0.478 e. The molecule has 0 aliphatic carbocycles. The van der Waals surface area contributed by atoms with Crippen LogP contribution in [0.1, 0.15) is 29.6 Å². The Hall–Kier alpha value is -2.60. The van der Waals surface area contributed by atoms with Gasteiger partial charge in [0.1, 0.15) is 4.70 Å². The molecule has 6 heteroatoms. The fraction of sp³-hybridized carbons (Fsp3) is 0.263. The van der Waals surface area contributed by atoms with Crippen LogP contribution in [0.25, 0.3) is 21.4 Å². The summed E-state index contributed by atoms with van der Waals surface area (Å²) in [7, 11) is 0. The molecule has 1 N–H and O–H groups in total. The van der Waals surface area contributed by atoms with Crippen LogP contribution in [0.2, 0.25) is 0 Å². The quantitative estimate of drug-likeness (QED) is 0.762. The number of nitrogens with zero attached hydrogens (tertiary/aromatic N) is 1. The monoisotopic (exact) mass is 355 g/mol. The summed E-state index contributed by atoms with van der Waals surface area (Å²) in [5.74, 6) is -0.334. The molecular weight excluding hydrogens is 338 g/mol. The fourth-order valence-corrected chi connectivity index (χ4v) is 4.10. The average molecular weight is 355 g/mol. The predicted molar refractivity (Wildman–Crippen MR) is 98.8 cm³/mol. The van der Waals surface area contributed by atoms with Gasteiger partial charge in [0.25, 0.3) is 0 Å². The molecule has 4 rings (SSSR count). The molecule has 0 bridgehead atoms. The van der Waals surface area contributed by atoms with Crippen LogP contribution < -0.4 is 10.3 Å². The van der Waals surface area contributed by atoms with Crippen LogP contribution in [-0.2, 0) is 0 Å². The smallest absolute Gasteiger partial charge is 0.335 e. The first kappa shape index (κ1) is 15.9. The second-order valence-electron chi connectivity index (χ2n) is 6.19. The molecule has 0 amide bonds. The van der Waals surface area contributed by atoms with Crippen LogP contribution in [0.15, 0.2) is 44.9 Å². The van der Waals surface area contributed by atoms with Crippen molar-refractivity contribution >= 4 is 33.5 Å². The van der Waals surface area contributed by atoms with Crippen LogP contribution in [0.3, 0.4) is 0 Å². The molecule has 1 fully saturated rings. The molecule has 0 radical (unpaired) electrons. The number of hydrogen-bond donors (Lipinski definition) is 1. The Morgan fingerprint density at radius 1 is 1.12 bits per heavy atom. The van der Waals surface area contributed by atoms with E-state index in [2.05, 4.69) is 4.90 Å². The van der Waals surface area contributed by atoms with Crippen molar-refractivity contribution in [3.63, 3.8) is 0 Å². The van der Waals surface area contributed by atoms with E-state index in [1.807, 2.05) is 5.38 Å². The van der Waals surface area contributed by atoms with Crippen LogP contribution in [0, 0.1) is 0 Å². The van der Waals surface area contributed by atoms with Gasteiger partial charge in [0.15, 0.2) is 11.5 Å². The molecular formula is C19H17NO4S. The number of rotatable bonds is 3. The van der Waals surface area contributed by atoms with E-state index in [1.165, 1.54) is 17.8 Å². The van der Waals surface area contributed by atoms with Crippen LogP contribution >= 0.6 is 11.3 Å². The Kier molecular flexibility index (Phi) is 4.05. The number of anilines is 1. The minimum absolute atomic E-state index is 0.0276. The first-order chi connectivity index (χ1) is 12.1. The Morgan fingerprint density at radius 3 is 2.52 bits per heavy atom. The maximum atomic E-state index is 12.5. The Morgan fingerprint density at radius 2 is 1.84 bits per heavy atom. The van der Waals surface area contributed by atoms with Gasteiger partial charge in [-0.1, -0.05) is 12.1 Å². The van der Waals surface area contributed by atoms with Crippen LogP contribution in [0.4, 0.5) is 5.88 Å². The maximum Gasteiger partial charge on any atom is 0.335 e. The number of carbonyl (C=O) groups is 1. The zero-order chi connectivity index (χ0) is 17.4. The number of carboxylic acids is 1. The van der Waals surface area contributed by atoms with Gasteiger partial charge in [0.2, 0.25) is 5.43 Å². The number of fused-ring (bicyclic) bond motifs is 1. The minimum Gasteiger partial charge on any atom is -0.478 e. The number of piperidine rings is 1. The first-order valence-electron chi connectivity index (χ1n) is 8.27. The summed E-state index contributed by atoms with van der Waals surface area (Å²) in [6.07, 6.45) is 3.42. The lowest BCUT2D eigenvalue weighted by Crippen LogP contribution is -2.29. The van der Waals surface area contributed by atoms with Crippen molar-refractivity contribution in [1.82, 2.24) is 0 Å². The number of benzene rings is 1. The summed E-state index contributed by atoms with van der Waals surface area (Å²) in [5.41, 5.74) is 2.46.